The third-order valence-electron chi connectivity index (χ3n) is 3.20. The standard InChI is InChI=1S/C17H17FN4O/c1-22(2)11-12-6-8-13(9-7-12)16-20-21-17(23-16)19-15-5-3-4-14(18)10-15/h3-10H,11H2,1-2H3,(H,19,21). The van der Waals surface area contributed by atoms with Crippen LogP contribution in [0.5, 0.6) is 0 Å². The number of hydrogen-bond donors (Lipinski definition) is 1. The van der Waals surface area contributed by atoms with Crippen LogP contribution in [-0.2, 0) is 6.54 Å². The molecule has 0 aliphatic carbocycles. The van der Waals surface area contributed by atoms with Crippen molar-refractivity contribution in [1.82, 2.24) is 15.1 Å². The van der Waals surface area contributed by atoms with Crippen LogP contribution < -0.4 is 5.32 Å². The number of nitrogens with one attached hydrogen (secondary N) is 1. The molecule has 0 unspecified atom stereocenters. The van der Waals surface area contributed by atoms with Crippen molar-refractivity contribution < 1.29 is 8.81 Å². The van der Waals surface area contributed by atoms with E-state index >= 15 is 0 Å². The van der Waals surface area contributed by atoms with Gasteiger partial charge in [-0.2, -0.15) is 0 Å². The van der Waals surface area contributed by atoms with Gasteiger partial charge in [0.1, 0.15) is 5.82 Å². The first-order chi connectivity index (χ1) is 11.1. The maximum absolute atomic E-state index is 13.2. The molecule has 2 aromatic carbocycles. The fourth-order valence-electron chi connectivity index (χ4n) is 2.20. The summed E-state index contributed by atoms with van der Waals surface area (Å²) in [5.74, 6) is 0.0894. The summed E-state index contributed by atoms with van der Waals surface area (Å²) in [4.78, 5) is 2.10. The molecule has 0 amide bonds. The maximum Gasteiger partial charge on any atom is 0.320 e. The predicted molar refractivity (Wildman–Crippen MR) is 86.8 cm³/mol. The molecule has 1 aromatic heterocycles. The van der Waals surface area contributed by atoms with Gasteiger partial charge in [0.05, 0.1) is 0 Å². The van der Waals surface area contributed by atoms with Crippen LogP contribution in [0.3, 0.4) is 0 Å². The lowest BCUT2D eigenvalue weighted by Crippen LogP contribution is -2.10. The first-order valence-electron chi connectivity index (χ1n) is 7.20. The Hall–Kier alpha value is -2.73. The van der Waals surface area contributed by atoms with E-state index in [-0.39, 0.29) is 11.8 Å². The van der Waals surface area contributed by atoms with Gasteiger partial charge in [0.25, 0.3) is 0 Å². The van der Waals surface area contributed by atoms with E-state index in [1.807, 2.05) is 38.4 Å². The van der Waals surface area contributed by atoms with Crippen LogP contribution in [0.25, 0.3) is 11.5 Å². The van der Waals surface area contributed by atoms with Gasteiger partial charge in [0, 0.05) is 17.8 Å². The van der Waals surface area contributed by atoms with Crippen LogP contribution in [0.1, 0.15) is 5.56 Å². The summed E-state index contributed by atoms with van der Waals surface area (Å²) < 4.78 is 18.7. The van der Waals surface area contributed by atoms with Crippen LogP contribution in [0.15, 0.2) is 52.9 Å². The smallest absolute Gasteiger partial charge is 0.320 e. The summed E-state index contributed by atoms with van der Waals surface area (Å²) in [7, 11) is 4.05. The SMILES string of the molecule is CN(C)Cc1ccc(-c2nnc(Nc3cccc(F)c3)o2)cc1. The molecule has 6 heteroatoms. The second-order valence-corrected chi connectivity index (χ2v) is 5.48. The molecule has 1 N–H and O–H groups in total. The molecule has 0 spiro atoms. The van der Waals surface area contributed by atoms with E-state index in [0.717, 1.165) is 12.1 Å². The van der Waals surface area contributed by atoms with Crippen LogP contribution in [0.4, 0.5) is 16.1 Å². The molecule has 3 aromatic rings. The zero-order chi connectivity index (χ0) is 16.2. The maximum atomic E-state index is 13.2. The average Bonchev–Trinajstić information content (AvgIpc) is 2.96. The van der Waals surface area contributed by atoms with Crippen LogP contribution in [0, 0.1) is 5.82 Å². The highest BCUT2D eigenvalue weighted by Gasteiger charge is 2.09. The quantitative estimate of drug-likeness (QED) is 0.779. The van der Waals surface area contributed by atoms with Crippen molar-refractivity contribution in [2.45, 2.75) is 6.54 Å². The normalized spacial score (nSPS) is 11.0. The van der Waals surface area contributed by atoms with E-state index in [4.69, 9.17) is 4.42 Å². The third-order valence-corrected chi connectivity index (χ3v) is 3.20. The summed E-state index contributed by atoms with van der Waals surface area (Å²) in [6.45, 7) is 0.872. The zero-order valence-electron chi connectivity index (χ0n) is 13.0. The lowest BCUT2D eigenvalue weighted by atomic mass is 10.1. The van der Waals surface area contributed by atoms with Gasteiger partial charge in [0.15, 0.2) is 0 Å². The summed E-state index contributed by atoms with van der Waals surface area (Å²) in [6.07, 6.45) is 0. The summed E-state index contributed by atoms with van der Waals surface area (Å²) in [5, 5.41) is 10.8. The molecule has 0 aliphatic rings. The van der Waals surface area contributed by atoms with Crippen LogP contribution >= 0.6 is 0 Å². The largest absolute Gasteiger partial charge is 0.403 e. The second kappa shape index (κ2) is 6.58. The average molecular weight is 312 g/mol. The molecular weight excluding hydrogens is 295 g/mol. The summed E-state index contributed by atoms with van der Waals surface area (Å²) in [5.41, 5.74) is 2.60. The van der Waals surface area contributed by atoms with E-state index in [2.05, 4.69) is 20.4 Å². The molecule has 0 aliphatic heterocycles. The Morgan fingerprint density at radius 1 is 1.09 bits per heavy atom. The minimum Gasteiger partial charge on any atom is -0.403 e. The molecule has 0 bridgehead atoms. The Morgan fingerprint density at radius 2 is 1.87 bits per heavy atom. The zero-order valence-corrected chi connectivity index (χ0v) is 13.0. The molecule has 0 saturated carbocycles. The van der Waals surface area contributed by atoms with E-state index in [9.17, 15) is 4.39 Å². The minimum absolute atomic E-state index is 0.225. The fourth-order valence-corrected chi connectivity index (χ4v) is 2.20. The van der Waals surface area contributed by atoms with Gasteiger partial charge in [-0.05, 0) is 50.0 Å². The molecule has 5 nitrogen and oxygen atoms in total. The van der Waals surface area contributed by atoms with Crippen molar-refractivity contribution in [2.75, 3.05) is 19.4 Å². The Bertz CT molecular complexity index is 783. The predicted octanol–water partition coefficient (Wildman–Crippen LogP) is 3.68. The fraction of sp³-hybridized carbons (Fsp3) is 0.176. The highest BCUT2D eigenvalue weighted by Crippen LogP contribution is 2.23. The molecule has 118 valence electrons. The summed E-state index contributed by atoms with van der Waals surface area (Å²) in [6, 6.07) is 14.2. The van der Waals surface area contributed by atoms with Crippen molar-refractivity contribution in [1.29, 1.82) is 0 Å². The monoisotopic (exact) mass is 312 g/mol. The van der Waals surface area contributed by atoms with E-state index in [1.165, 1.54) is 17.7 Å². The van der Waals surface area contributed by atoms with Crippen LogP contribution in [-0.4, -0.2) is 29.2 Å². The number of anilines is 2. The number of aromatic nitrogens is 2. The second-order valence-electron chi connectivity index (χ2n) is 5.48. The topological polar surface area (TPSA) is 54.2 Å². The van der Waals surface area contributed by atoms with E-state index < -0.39 is 0 Å². The van der Waals surface area contributed by atoms with Crippen LogP contribution in [0.2, 0.25) is 0 Å². The van der Waals surface area contributed by atoms with Crippen molar-refractivity contribution in [3.05, 3.63) is 59.9 Å². The molecule has 0 radical (unpaired) electrons. The number of benzene rings is 2. The first-order valence-corrected chi connectivity index (χ1v) is 7.20. The van der Waals surface area contributed by atoms with Crippen molar-refractivity contribution >= 4 is 11.7 Å². The Labute approximate surface area is 133 Å². The van der Waals surface area contributed by atoms with E-state index in [1.54, 1.807) is 12.1 Å². The van der Waals surface area contributed by atoms with E-state index in [0.29, 0.717) is 11.6 Å². The van der Waals surface area contributed by atoms with Gasteiger partial charge in [-0.25, -0.2) is 4.39 Å². The number of hydrogen-bond acceptors (Lipinski definition) is 5. The number of rotatable bonds is 5. The summed E-state index contributed by atoms with van der Waals surface area (Å²) >= 11 is 0. The minimum atomic E-state index is -0.328. The highest BCUT2D eigenvalue weighted by atomic mass is 19.1. The lowest BCUT2D eigenvalue weighted by molar-refractivity contribution is 0.402. The number of nitrogens with zero attached hydrogens (tertiary/aromatic N) is 3. The highest BCUT2D eigenvalue weighted by molar-refractivity contribution is 5.56. The molecule has 3 rings (SSSR count). The van der Waals surface area contributed by atoms with Crippen molar-refractivity contribution in [2.24, 2.45) is 0 Å². The Balaban J connectivity index is 1.73. The van der Waals surface area contributed by atoms with Gasteiger partial charge in [0.2, 0.25) is 5.89 Å². The Kier molecular flexibility index (Phi) is 4.34. The molecule has 1 heterocycles. The Morgan fingerprint density at radius 3 is 2.57 bits per heavy atom. The van der Waals surface area contributed by atoms with Gasteiger partial charge in [-0.3, -0.25) is 0 Å². The molecular formula is C17H17FN4O. The van der Waals surface area contributed by atoms with Gasteiger partial charge < -0.3 is 14.6 Å². The molecule has 0 fully saturated rings. The third kappa shape index (κ3) is 3.92. The van der Waals surface area contributed by atoms with Crippen molar-refractivity contribution in [3.8, 4) is 11.5 Å². The molecule has 0 saturated heterocycles. The number of halogens is 1. The van der Waals surface area contributed by atoms with Gasteiger partial charge >= 0.3 is 6.01 Å². The molecule has 0 atom stereocenters. The van der Waals surface area contributed by atoms with Crippen molar-refractivity contribution in [3.63, 3.8) is 0 Å². The molecule has 23 heavy (non-hydrogen) atoms. The van der Waals surface area contributed by atoms with Gasteiger partial charge in [-0.1, -0.05) is 23.3 Å². The lowest BCUT2D eigenvalue weighted by Gasteiger charge is -2.09. The first kappa shape index (κ1) is 15.2. The van der Waals surface area contributed by atoms with Gasteiger partial charge in [-0.15, -0.1) is 5.10 Å².